The van der Waals surface area contributed by atoms with Crippen LogP contribution in [0.4, 0.5) is 0 Å². The molecule has 1 N–H and O–H groups in total. The number of allylic oxidation sites excluding steroid dienone is 2. The van der Waals surface area contributed by atoms with Gasteiger partial charge in [-0.05, 0) is 55.2 Å². The van der Waals surface area contributed by atoms with Gasteiger partial charge in [0.1, 0.15) is 17.1 Å². The average molecular weight is 836 g/mol. The molecule has 0 saturated carbocycles. The summed E-state index contributed by atoms with van der Waals surface area (Å²) in [5, 5.41) is 13.6. The third-order valence-corrected chi connectivity index (χ3v) is 10.9. The second-order valence-corrected chi connectivity index (χ2v) is 14.8. The Labute approximate surface area is 306 Å². The summed E-state index contributed by atoms with van der Waals surface area (Å²) < 4.78 is 6.46. The molecule has 6 heteroatoms. The fraction of sp³-hybridized carbons (Fsp3) is 0.419. The van der Waals surface area contributed by atoms with Crippen molar-refractivity contribution in [2.24, 2.45) is 10.8 Å². The molecule has 1 aliphatic rings. The fourth-order valence-corrected chi connectivity index (χ4v) is 6.51. The number of pyridine rings is 2. The second-order valence-electron chi connectivity index (χ2n) is 14.8. The zero-order valence-electron chi connectivity index (χ0n) is 30.6. The minimum atomic E-state index is -0.337. The molecule has 0 saturated heterocycles. The normalized spacial score (nSPS) is 13.3. The molecule has 0 amide bonds. The molecule has 1 aliphatic carbocycles. The van der Waals surface area contributed by atoms with Gasteiger partial charge in [0.05, 0.1) is 0 Å². The Morgan fingerprint density at radius 1 is 0.898 bits per heavy atom. The molecular formula is C43H51IrN2O3-. The molecule has 0 fully saturated rings. The number of hydrogen-bond acceptors (Lipinski definition) is 5. The van der Waals surface area contributed by atoms with Crippen LogP contribution in [0.25, 0.3) is 44.1 Å². The first kappa shape index (κ1) is 38.2. The number of nitrogens with zero attached hydrogens (tertiary/aromatic N) is 2. The number of benzene rings is 2. The molecule has 261 valence electrons. The van der Waals surface area contributed by atoms with Crippen molar-refractivity contribution in [2.75, 3.05) is 0 Å². The molecule has 0 spiro atoms. The maximum Gasteiger partial charge on any atom is 0.164 e. The van der Waals surface area contributed by atoms with Crippen molar-refractivity contribution in [3.05, 3.63) is 95.8 Å². The summed E-state index contributed by atoms with van der Waals surface area (Å²) in [7, 11) is 0. The molecular weight excluding hydrogens is 785 g/mol. The van der Waals surface area contributed by atoms with Crippen molar-refractivity contribution in [3.8, 4) is 22.4 Å². The first-order valence-corrected chi connectivity index (χ1v) is 17.5. The van der Waals surface area contributed by atoms with E-state index in [1.165, 1.54) is 33.7 Å². The predicted octanol–water partition coefficient (Wildman–Crippen LogP) is 11.6. The molecule has 5 nitrogen and oxygen atoms in total. The van der Waals surface area contributed by atoms with Gasteiger partial charge in [-0.3, -0.25) is 14.8 Å². The molecule has 6 rings (SSSR count). The molecule has 0 unspecified atom stereocenters. The Bertz CT molecular complexity index is 1970. The Morgan fingerprint density at radius 3 is 2.22 bits per heavy atom. The van der Waals surface area contributed by atoms with Crippen molar-refractivity contribution >= 4 is 27.5 Å². The standard InChI is InChI=1S/C28H23N2O.C15H28O2.Ir/c1-28(2,3)23-15-19(14-18-6-4-5-7-20(18)23)26-27-21(11-13-30-26)25-22-16-29-12-10-17(22)8-9-24(25)31-27;1-7-14(5,8-2)12(16)11-13(17)15(6,9-3)10-4;/h4-7,10-13,15-16H,8-9H2,1-3H3;11,16H,7-10H2,1-6H3;/q-1;;/b;12-11-;. The topological polar surface area (TPSA) is 76.2 Å². The number of aliphatic hydroxyl groups is 1. The number of furan rings is 1. The van der Waals surface area contributed by atoms with E-state index in [-0.39, 0.29) is 47.9 Å². The van der Waals surface area contributed by atoms with E-state index >= 15 is 0 Å². The molecule has 1 radical (unpaired) electrons. The van der Waals surface area contributed by atoms with Crippen molar-refractivity contribution in [1.29, 1.82) is 0 Å². The smallest absolute Gasteiger partial charge is 0.164 e. The van der Waals surface area contributed by atoms with E-state index in [9.17, 15) is 9.90 Å². The van der Waals surface area contributed by atoms with Crippen LogP contribution in [0, 0.1) is 16.9 Å². The molecule has 5 aromatic rings. The second kappa shape index (κ2) is 15.1. The van der Waals surface area contributed by atoms with Gasteiger partial charge < -0.3 is 9.52 Å². The van der Waals surface area contributed by atoms with E-state index in [1.54, 1.807) is 0 Å². The number of fused-ring (bicyclic) bond motifs is 6. The van der Waals surface area contributed by atoms with Crippen LogP contribution in [0.15, 0.2) is 77.3 Å². The van der Waals surface area contributed by atoms with Gasteiger partial charge in [-0.25, -0.2) is 0 Å². The first-order chi connectivity index (χ1) is 22.8. The van der Waals surface area contributed by atoms with Crippen LogP contribution in [0.3, 0.4) is 0 Å². The summed E-state index contributed by atoms with van der Waals surface area (Å²) >= 11 is 0. The zero-order valence-corrected chi connectivity index (χ0v) is 33.0. The first-order valence-electron chi connectivity index (χ1n) is 17.5. The summed E-state index contributed by atoms with van der Waals surface area (Å²) in [5.41, 5.74) is 7.05. The molecule has 3 aromatic heterocycles. The van der Waals surface area contributed by atoms with Crippen LogP contribution in [-0.2, 0) is 43.2 Å². The third kappa shape index (κ3) is 7.47. The summed E-state index contributed by atoms with van der Waals surface area (Å²) in [6.07, 6.45) is 12.3. The van der Waals surface area contributed by atoms with E-state index in [1.807, 2.05) is 60.1 Å². The zero-order chi connectivity index (χ0) is 34.9. The molecule has 0 atom stereocenters. The third-order valence-electron chi connectivity index (χ3n) is 10.9. The van der Waals surface area contributed by atoms with E-state index in [2.05, 4.69) is 74.3 Å². The summed E-state index contributed by atoms with van der Waals surface area (Å²) in [5.74, 6) is 1.32. The number of carbonyl (C=O) groups excluding carboxylic acids is 1. The predicted molar refractivity (Wildman–Crippen MR) is 198 cm³/mol. The quantitative estimate of drug-likeness (QED) is 0.0957. The summed E-state index contributed by atoms with van der Waals surface area (Å²) in [6.45, 7) is 18.8. The average Bonchev–Trinajstić information content (AvgIpc) is 3.49. The summed E-state index contributed by atoms with van der Waals surface area (Å²) in [4.78, 5) is 21.3. The maximum absolute atomic E-state index is 12.2. The van der Waals surface area contributed by atoms with Crippen LogP contribution in [-0.4, -0.2) is 20.9 Å². The number of ketones is 1. The molecule has 0 bridgehead atoms. The Morgan fingerprint density at radius 2 is 1.57 bits per heavy atom. The van der Waals surface area contributed by atoms with Gasteiger partial charge >= 0.3 is 0 Å². The summed E-state index contributed by atoms with van der Waals surface area (Å²) in [6, 6.07) is 18.5. The number of aliphatic hydroxyl groups excluding tert-OH is 1. The minimum absolute atomic E-state index is 0. The number of aromatic nitrogens is 2. The van der Waals surface area contributed by atoms with Gasteiger partial charge in [-0.15, -0.1) is 29.1 Å². The van der Waals surface area contributed by atoms with Gasteiger partial charge in [0, 0.05) is 84.2 Å². The number of rotatable bonds is 8. The molecule has 0 aliphatic heterocycles. The van der Waals surface area contributed by atoms with Gasteiger partial charge in [0.2, 0.25) is 0 Å². The van der Waals surface area contributed by atoms with Crippen LogP contribution in [0.5, 0.6) is 0 Å². The van der Waals surface area contributed by atoms with E-state index < -0.39 is 0 Å². The number of aryl methyl sites for hydroxylation is 2. The number of hydrogen-bond donors (Lipinski definition) is 1. The number of carbonyl (C=O) groups is 1. The van der Waals surface area contributed by atoms with Gasteiger partial charge in [0.25, 0.3) is 0 Å². The van der Waals surface area contributed by atoms with Crippen LogP contribution < -0.4 is 0 Å². The minimum Gasteiger partial charge on any atom is -0.512 e. The Hall–Kier alpha value is -3.60. The van der Waals surface area contributed by atoms with Crippen LogP contribution in [0.2, 0.25) is 0 Å². The van der Waals surface area contributed by atoms with Crippen LogP contribution in [0.1, 0.15) is 105 Å². The van der Waals surface area contributed by atoms with E-state index in [0.717, 1.165) is 71.9 Å². The van der Waals surface area contributed by atoms with Crippen molar-refractivity contribution in [1.82, 2.24) is 9.97 Å². The molecule has 3 heterocycles. The van der Waals surface area contributed by atoms with Crippen LogP contribution >= 0.6 is 0 Å². The maximum atomic E-state index is 12.2. The van der Waals surface area contributed by atoms with Gasteiger partial charge in [0.15, 0.2) is 5.78 Å². The molecule has 49 heavy (non-hydrogen) atoms. The van der Waals surface area contributed by atoms with Gasteiger partial charge in [-0.2, -0.15) is 0 Å². The fourth-order valence-electron chi connectivity index (χ4n) is 6.51. The van der Waals surface area contributed by atoms with Crippen molar-refractivity contribution in [3.63, 3.8) is 0 Å². The van der Waals surface area contributed by atoms with Gasteiger partial charge in [-0.1, -0.05) is 91.5 Å². The van der Waals surface area contributed by atoms with Crippen molar-refractivity contribution < 1.29 is 34.4 Å². The SMILES string of the molecule is CC(C)(C)c1cc(-c2nccc3c4c(oc23)CCc2ccncc2-4)[c-]c2ccccc12.CCC(C)(CC)C(=O)/C=C(\O)C(C)(CC)CC.[Ir]. The Balaban J connectivity index is 0.000000260. The van der Waals surface area contributed by atoms with E-state index in [0.29, 0.717) is 0 Å². The monoisotopic (exact) mass is 836 g/mol. The van der Waals surface area contributed by atoms with Crippen molar-refractivity contribution in [2.45, 2.75) is 106 Å². The Kier molecular flexibility index (Phi) is 11.8. The van der Waals surface area contributed by atoms with E-state index in [4.69, 9.17) is 9.40 Å². The molecule has 2 aromatic carbocycles. The largest absolute Gasteiger partial charge is 0.512 e.